The maximum Gasteiger partial charge on any atom is 0.219 e. The molecule has 0 radical (unpaired) electrons. The topological polar surface area (TPSA) is 38.3 Å². The summed E-state index contributed by atoms with van der Waals surface area (Å²) in [6.07, 6.45) is 6.33. The quantitative estimate of drug-likeness (QED) is 0.642. The summed E-state index contributed by atoms with van der Waals surface area (Å²) in [6, 6.07) is 0. The minimum Gasteiger partial charge on any atom is -0.376 e. The van der Waals surface area contributed by atoms with Gasteiger partial charge in [-0.3, -0.25) is 4.79 Å². The SMILES string of the molecule is CCCC(CCCCC(=O)NC)COC(C)(C)C. The van der Waals surface area contributed by atoms with E-state index >= 15 is 0 Å². The molecule has 1 unspecified atom stereocenters. The minimum absolute atomic E-state index is 0.0475. The van der Waals surface area contributed by atoms with E-state index in [2.05, 4.69) is 33.0 Å². The number of hydrogen-bond acceptors (Lipinski definition) is 2. The molecule has 1 atom stereocenters. The standard InChI is InChI=1S/C15H31NO2/c1-6-9-13(12-18-15(2,3)4)10-7-8-11-14(17)16-5/h13H,6-12H2,1-5H3,(H,16,17). The molecule has 0 bridgehead atoms. The van der Waals surface area contributed by atoms with Gasteiger partial charge in [-0.15, -0.1) is 0 Å². The molecule has 0 aromatic carbocycles. The highest BCUT2D eigenvalue weighted by atomic mass is 16.5. The minimum atomic E-state index is -0.0475. The van der Waals surface area contributed by atoms with Crippen molar-refractivity contribution in [3.8, 4) is 0 Å². The van der Waals surface area contributed by atoms with Gasteiger partial charge in [-0.25, -0.2) is 0 Å². The number of carbonyl (C=O) groups is 1. The van der Waals surface area contributed by atoms with Crippen LogP contribution in [0, 0.1) is 5.92 Å². The molecule has 1 N–H and O–H groups in total. The van der Waals surface area contributed by atoms with Gasteiger partial charge in [0.25, 0.3) is 0 Å². The first-order chi connectivity index (χ1) is 8.39. The molecule has 0 aliphatic heterocycles. The number of amides is 1. The highest BCUT2D eigenvalue weighted by molar-refractivity contribution is 5.75. The van der Waals surface area contributed by atoms with Crippen LogP contribution in [0.5, 0.6) is 0 Å². The van der Waals surface area contributed by atoms with E-state index in [0.29, 0.717) is 12.3 Å². The highest BCUT2D eigenvalue weighted by Crippen LogP contribution is 2.19. The number of carbonyl (C=O) groups excluding carboxylic acids is 1. The third kappa shape index (κ3) is 10.6. The van der Waals surface area contributed by atoms with Crippen molar-refractivity contribution >= 4 is 5.91 Å². The monoisotopic (exact) mass is 257 g/mol. The second-order valence-corrected chi connectivity index (χ2v) is 6.00. The number of rotatable bonds is 9. The van der Waals surface area contributed by atoms with E-state index in [1.165, 1.54) is 19.3 Å². The van der Waals surface area contributed by atoms with Crippen molar-refractivity contribution in [3.05, 3.63) is 0 Å². The molecule has 0 spiro atoms. The van der Waals surface area contributed by atoms with Gasteiger partial charge < -0.3 is 10.1 Å². The molecule has 3 nitrogen and oxygen atoms in total. The van der Waals surface area contributed by atoms with E-state index in [4.69, 9.17) is 4.74 Å². The molecule has 0 heterocycles. The Morgan fingerprint density at radius 3 is 2.39 bits per heavy atom. The van der Waals surface area contributed by atoms with E-state index in [0.717, 1.165) is 19.4 Å². The number of nitrogens with one attached hydrogen (secondary N) is 1. The molecule has 18 heavy (non-hydrogen) atoms. The zero-order chi connectivity index (χ0) is 14.0. The summed E-state index contributed by atoms with van der Waals surface area (Å²) < 4.78 is 5.86. The Kier molecular flexibility index (Phi) is 9.08. The maximum absolute atomic E-state index is 11.1. The van der Waals surface area contributed by atoms with E-state index in [1.807, 2.05) is 0 Å². The van der Waals surface area contributed by atoms with Crippen LogP contribution in [0.25, 0.3) is 0 Å². The Morgan fingerprint density at radius 2 is 1.89 bits per heavy atom. The van der Waals surface area contributed by atoms with Crippen LogP contribution in [0.15, 0.2) is 0 Å². The highest BCUT2D eigenvalue weighted by Gasteiger charge is 2.15. The third-order valence-electron chi connectivity index (χ3n) is 2.99. The predicted octanol–water partition coefficient (Wildman–Crippen LogP) is 3.52. The molecule has 0 saturated heterocycles. The van der Waals surface area contributed by atoms with Crippen LogP contribution in [0.2, 0.25) is 0 Å². The van der Waals surface area contributed by atoms with Crippen LogP contribution in [0.4, 0.5) is 0 Å². The molecular formula is C15H31NO2. The van der Waals surface area contributed by atoms with Crippen molar-refractivity contribution in [3.63, 3.8) is 0 Å². The fourth-order valence-corrected chi connectivity index (χ4v) is 1.93. The largest absolute Gasteiger partial charge is 0.376 e. The Bertz CT molecular complexity index is 221. The second kappa shape index (κ2) is 9.37. The van der Waals surface area contributed by atoms with Gasteiger partial charge in [0.15, 0.2) is 0 Å². The second-order valence-electron chi connectivity index (χ2n) is 6.00. The summed E-state index contributed by atoms with van der Waals surface area (Å²) in [5.41, 5.74) is -0.0475. The first-order valence-corrected chi connectivity index (χ1v) is 7.23. The Labute approximate surface area is 113 Å². The fourth-order valence-electron chi connectivity index (χ4n) is 1.93. The summed E-state index contributed by atoms with van der Waals surface area (Å²) in [7, 11) is 1.69. The number of hydrogen-bond donors (Lipinski definition) is 1. The molecular weight excluding hydrogens is 226 g/mol. The zero-order valence-electron chi connectivity index (χ0n) is 12.8. The summed E-state index contributed by atoms with van der Waals surface area (Å²) in [6.45, 7) is 9.36. The van der Waals surface area contributed by atoms with Gasteiger partial charge in [0.2, 0.25) is 5.91 Å². The predicted molar refractivity (Wildman–Crippen MR) is 76.6 cm³/mol. The molecule has 3 heteroatoms. The molecule has 108 valence electrons. The van der Waals surface area contributed by atoms with Gasteiger partial charge in [-0.05, 0) is 46.0 Å². The lowest BCUT2D eigenvalue weighted by Gasteiger charge is -2.24. The Morgan fingerprint density at radius 1 is 1.22 bits per heavy atom. The average Bonchev–Trinajstić information content (AvgIpc) is 2.29. The smallest absolute Gasteiger partial charge is 0.219 e. The van der Waals surface area contributed by atoms with Crippen molar-refractivity contribution < 1.29 is 9.53 Å². The van der Waals surface area contributed by atoms with E-state index in [9.17, 15) is 4.79 Å². The van der Waals surface area contributed by atoms with Gasteiger partial charge in [0, 0.05) is 13.5 Å². The first-order valence-electron chi connectivity index (χ1n) is 7.23. The van der Waals surface area contributed by atoms with Crippen LogP contribution >= 0.6 is 0 Å². The number of unbranched alkanes of at least 4 members (excludes halogenated alkanes) is 1. The van der Waals surface area contributed by atoms with Gasteiger partial charge in [-0.2, -0.15) is 0 Å². The molecule has 0 aromatic heterocycles. The summed E-state index contributed by atoms with van der Waals surface area (Å²) >= 11 is 0. The summed E-state index contributed by atoms with van der Waals surface area (Å²) in [5, 5.41) is 2.66. The fraction of sp³-hybridized carbons (Fsp3) is 0.933. The van der Waals surface area contributed by atoms with Gasteiger partial charge in [0.1, 0.15) is 0 Å². The molecule has 0 fully saturated rings. The molecule has 0 saturated carbocycles. The first kappa shape index (κ1) is 17.4. The molecule has 0 rings (SSSR count). The lowest BCUT2D eigenvalue weighted by atomic mass is 9.97. The van der Waals surface area contributed by atoms with Crippen LogP contribution in [0.1, 0.15) is 66.2 Å². The summed E-state index contributed by atoms with van der Waals surface area (Å²) in [5.74, 6) is 0.784. The van der Waals surface area contributed by atoms with Gasteiger partial charge in [0.05, 0.1) is 12.2 Å². The maximum atomic E-state index is 11.1. The summed E-state index contributed by atoms with van der Waals surface area (Å²) in [4.78, 5) is 11.1. The van der Waals surface area contributed by atoms with Crippen LogP contribution in [0.3, 0.4) is 0 Å². The normalized spacial score (nSPS) is 13.4. The lowest BCUT2D eigenvalue weighted by Crippen LogP contribution is -2.23. The Hall–Kier alpha value is -0.570. The number of ether oxygens (including phenoxy) is 1. The lowest BCUT2D eigenvalue weighted by molar-refractivity contribution is -0.120. The van der Waals surface area contributed by atoms with Crippen LogP contribution < -0.4 is 5.32 Å². The van der Waals surface area contributed by atoms with Crippen molar-refractivity contribution in [2.75, 3.05) is 13.7 Å². The Balaban J connectivity index is 3.79. The van der Waals surface area contributed by atoms with Crippen molar-refractivity contribution in [2.24, 2.45) is 5.92 Å². The van der Waals surface area contributed by atoms with E-state index in [-0.39, 0.29) is 11.5 Å². The van der Waals surface area contributed by atoms with Crippen molar-refractivity contribution in [1.29, 1.82) is 0 Å². The average molecular weight is 257 g/mol. The van der Waals surface area contributed by atoms with E-state index < -0.39 is 0 Å². The van der Waals surface area contributed by atoms with E-state index in [1.54, 1.807) is 7.05 Å². The zero-order valence-corrected chi connectivity index (χ0v) is 12.8. The van der Waals surface area contributed by atoms with Crippen LogP contribution in [-0.4, -0.2) is 25.2 Å². The molecule has 1 amide bonds. The third-order valence-corrected chi connectivity index (χ3v) is 2.99. The molecule has 0 aliphatic carbocycles. The molecule has 0 aliphatic rings. The van der Waals surface area contributed by atoms with Gasteiger partial charge >= 0.3 is 0 Å². The van der Waals surface area contributed by atoms with Crippen molar-refractivity contribution in [1.82, 2.24) is 5.32 Å². The van der Waals surface area contributed by atoms with Crippen LogP contribution in [-0.2, 0) is 9.53 Å². The van der Waals surface area contributed by atoms with Crippen molar-refractivity contribution in [2.45, 2.75) is 71.8 Å². The molecule has 0 aromatic rings. The van der Waals surface area contributed by atoms with Gasteiger partial charge in [-0.1, -0.05) is 19.8 Å².